The van der Waals surface area contributed by atoms with Gasteiger partial charge in [-0.2, -0.15) is 0 Å². The van der Waals surface area contributed by atoms with Gasteiger partial charge in [0.2, 0.25) is 10.0 Å². The van der Waals surface area contributed by atoms with Gasteiger partial charge in [-0.05, 0) is 31.0 Å². The van der Waals surface area contributed by atoms with Gasteiger partial charge in [-0.1, -0.05) is 29.6 Å². The zero-order valence-electron chi connectivity index (χ0n) is 10.6. The van der Waals surface area contributed by atoms with Crippen LogP contribution < -0.4 is 0 Å². The van der Waals surface area contributed by atoms with Crippen LogP contribution in [-0.4, -0.2) is 32.2 Å². The van der Waals surface area contributed by atoms with Crippen LogP contribution in [-0.2, 0) is 10.0 Å². The van der Waals surface area contributed by atoms with E-state index in [1.165, 1.54) is 22.5 Å². The van der Waals surface area contributed by atoms with E-state index in [9.17, 15) is 8.42 Å². The lowest BCUT2D eigenvalue weighted by atomic mass is 10.2. The van der Waals surface area contributed by atoms with E-state index in [1.54, 1.807) is 7.05 Å². The van der Waals surface area contributed by atoms with Gasteiger partial charge in [-0.25, -0.2) is 12.7 Å². The molecule has 0 unspecified atom stereocenters. The van der Waals surface area contributed by atoms with Gasteiger partial charge in [0, 0.05) is 19.5 Å². The number of halogens is 3. The van der Waals surface area contributed by atoms with Crippen LogP contribution in [0.3, 0.4) is 0 Å². The van der Waals surface area contributed by atoms with Crippen LogP contribution in [0.5, 0.6) is 0 Å². The molecule has 3 nitrogen and oxygen atoms in total. The molecule has 0 heterocycles. The minimum atomic E-state index is -3.51. The molecule has 0 radical (unpaired) electrons. The summed E-state index contributed by atoms with van der Waals surface area (Å²) >= 11 is 17.2. The van der Waals surface area contributed by atoms with Gasteiger partial charge in [-0.3, -0.25) is 0 Å². The highest BCUT2D eigenvalue weighted by Crippen LogP contribution is 2.26. The molecule has 0 aliphatic heterocycles. The number of alkyl halides is 1. The summed E-state index contributed by atoms with van der Waals surface area (Å²) in [6.07, 6.45) is 2.58. The van der Waals surface area contributed by atoms with Crippen LogP contribution in [0.15, 0.2) is 23.1 Å². The van der Waals surface area contributed by atoms with E-state index in [2.05, 4.69) is 0 Å². The second-order valence-corrected chi connectivity index (χ2v) is 7.39. The summed E-state index contributed by atoms with van der Waals surface area (Å²) in [6, 6.07) is 4.31. The lowest BCUT2D eigenvalue weighted by molar-refractivity contribution is 0.454. The molecule has 1 aromatic carbocycles. The summed E-state index contributed by atoms with van der Waals surface area (Å²) in [4.78, 5) is 0.154. The predicted octanol–water partition coefficient (Wildman–Crippen LogP) is 4.02. The van der Waals surface area contributed by atoms with Crippen LogP contribution in [0.4, 0.5) is 0 Å². The van der Waals surface area contributed by atoms with Gasteiger partial charge in [0.1, 0.15) is 0 Å². The maximum Gasteiger partial charge on any atom is 0.242 e. The average molecular weight is 345 g/mol. The first-order valence-electron chi connectivity index (χ1n) is 5.87. The molecule has 0 saturated heterocycles. The fourth-order valence-corrected chi connectivity index (χ4v) is 3.33. The Morgan fingerprint density at radius 1 is 1.11 bits per heavy atom. The van der Waals surface area contributed by atoms with Crippen molar-refractivity contribution in [3.05, 3.63) is 28.2 Å². The molecular weight excluding hydrogens is 329 g/mol. The van der Waals surface area contributed by atoms with Crippen molar-refractivity contribution in [3.8, 4) is 0 Å². The van der Waals surface area contributed by atoms with E-state index in [0.29, 0.717) is 17.4 Å². The summed E-state index contributed by atoms with van der Waals surface area (Å²) in [5, 5.41) is 0.573. The lowest BCUT2D eigenvalue weighted by Gasteiger charge is -2.17. The number of hydrogen-bond donors (Lipinski definition) is 0. The summed E-state index contributed by atoms with van der Waals surface area (Å²) < 4.78 is 25.8. The van der Waals surface area contributed by atoms with Gasteiger partial charge in [0.15, 0.2) is 0 Å². The number of unbranched alkanes of at least 4 members (excludes halogenated alkanes) is 2. The Labute approximate surface area is 129 Å². The fourth-order valence-electron chi connectivity index (χ4n) is 1.54. The zero-order chi connectivity index (χ0) is 14.5. The largest absolute Gasteiger partial charge is 0.242 e. The van der Waals surface area contributed by atoms with Crippen molar-refractivity contribution in [2.24, 2.45) is 0 Å². The molecule has 1 rings (SSSR count). The summed E-state index contributed by atoms with van der Waals surface area (Å²) in [7, 11) is -1.95. The first-order valence-corrected chi connectivity index (χ1v) is 8.60. The maximum atomic E-state index is 12.3. The Balaban J connectivity index is 2.76. The van der Waals surface area contributed by atoms with Gasteiger partial charge in [0.25, 0.3) is 0 Å². The van der Waals surface area contributed by atoms with E-state index < -0.39 is 10.0 Å². The first kappa shape index (κ1) is 17.1. The number of sulfonamides is 1. The third-order valence-corrected chi connectivity index (χ3v) is 5.57. The van der Waals surface area contributed by atoms with Crippen molar-refractivity contribution in [2.45, 2.75) is 24.2 Å². The lowest BCUT2D eigenvalue weighted by Crippen LogP contribution is -2.28. The molecule has 0 spiro atoms. The molecule has 0 amide bonds. The maximum absolute atomic E-state index is 12.3. The molecule has 108 valence electrons. The third-order valence-electron chi connectivity index (χ3n) is 2.71. The Hall–Kier alpha value is -0.000000000000000111. The van der Waals surface area contributed by atoms with E-state index >= 15 is 0 Å². The van der Waals surface area contributed by atoms with Crippen molar-refractivity contribution in [3.63, 3.8) is 0 Å². The molecule has 0 aromatic heterocycles. The highest BCUT2D eigenvalue weighted by molar-refractivity contribution is 7.89. The van der Waals surface area contributed by atoms with Gasteiger partial charge >= 0.3 is 0 Å². The molecule has 7 heteroatoms. The molecular formula is C12H16Cl3NO2S. The fraction of sp³-hybridized carbons (Fsp3) is 0.500. The Bertz CT molecular complexity index is 520. The summed E-state index contributed by atoms with van der Waals surface area (Å²) in [5.74, 6) is 0.600. The summed E-state index contributed by atoms with van der Waals surface area (Å²) in [6.45, 7) is 0.458. The van der Waals surface area contributed by atoms with Crippen LogP contribution in [0.2, 0.25) is 10.0 Å². The van der Waals surface area contributed by atoms with Crippen molar-refractivity contribution < 1.29 is 8.42 Å². The second kappa shape index (κ2) is 7.70. The van der Waals surface area contributed by atoms with E-state index in [4.69, 9.17) is 34.8 Å². The highest BCUT2D eigenvalue weighted by Gasteiger charge is 2.20. The molecule has 0 atom stereocenters. The predicted molar refractivity (Wildman–Crippen MR) is 80.8 cm³/mol. The third kappa shape index (κ3) is 4.80. The van der Waals surface area contributed by atoms with Crippen molar-refractivity contribution >= 4 is 44.8 Å². The zero-order valence-corrected chi connectivity index (χ0v) is 13.7. The number of rotatable bonds is 7. The van der Waals surface area contributed by atoms with Crippen molar-refractivity contribution in [1.82, 2.24) is 4.31 Å². The minimum Gasteiger partial charge on any atom is -0.207 e. The molecule has 0 aliphatic carbocycles. The number of benzene rings is 1. The Kier molecular flexibility index (Phi) is 6.91. The molecule has 0 saturated carbocycles. The number of nitrogens with zero attached hydrogens (tertiary/aromatic N) is 1. The van der Waals surface area contributed by atoms with Gasteiger partial charge < -0.3 is 0 Å². The molecule has 0 fully saturated rings. The minimum absolute atomic E-state index is 0.154. The molecule has 1 aromatic rings. The normalized spacial score (nSPS) is 12.1. The van der Waals surface area contributed by atoms with Crippen LogP contribution >= 0.6 is 34.8 Å². The molecule has 0 aliphatic rings. The monoisotopic (exact) mass is 343 g/mol. The highest BCUT2D eigenvalue weighted by atomic mass is 35.5. The van der Waals surface area contributed by atoms with Crippen LogP contribution in [0, 0.1) is 0 Å². The van der Waals surface area contributed by atoms with Crippen LogP contribution in [0.25, 0.3) is 0 Å². The van der Waals surface area contributed by atoms with Crippen LogP contribution in [0.1, 0.15) is 19.3 Å². The van der Waals surface area contributed by atoms with E-state index in [0.717, 1.165) is 19.3 Å². The quantitative estimate of drug-likeness (QED) is 0.553. The Morgan fingerprint density at radius 3 is 2.37 bits per heavy atom. The molecule has 0 N–H and O–H groups in total. The SMILES string of the molecule is CN(CCCCCCl)S(=O)(=O)c1ccc(Cl)c(Cl)c1. The standard InChI is InChI=1S/C12H16Cl3NO2S/c1-16(8-4-2-3-7-13)19(17,18)10-5-6-11(14)12(15)9-10/h5-6,9H,2-4,7-8H2,1H3. The van der Waals surface area contributed by atoms with Crippen molar-refractivity contribution in [1.29, 1.82) is 0 Å². The van der Waals surface area contributed by atoms with Crippen molar-refractivity contribution in [2.75, 3.05) is 19.5 Å². The average Bonchev–Trinajstić information content (AvgIpc) is 2.37. The topological polar surface area (TPSA) is 37.4 Å². The van der Waals surface area contributed by atoms with E-state index in [-0.39, 0.29) is 9.92 Å². The summed E-state index contributed by atoms with van der Waals surface area (Å²) in [5.41, 5.74) is 0. The molecule has 0 bridgehead atoms. The van der Waals surface area contributed by atoms with Gasteiger partial charge in [0.05, 0.1) is 14.9 Å². The first-order chi connectivity index (χ1) is 8.89. The van der Waals surface area contributed by atoms with Gasteiger partial charge in [-0.15, -0.1) is 11.6 Å². The Morgan fingerprint density at radius 2 is 1.79 bits per heavy atom. The second-order valence-electron chi connectivity index (χ2n) is 4.15. The smallest absolute Gasteiger partial charge is 0.207 e. The number of hydrogen-bond acceptors (Lipinski definition) is 2. The van der Waals surface area contributed by atoms with E-state index in [1.807, 2.05) is 0 Å². The molecule has 19 heavy (non-hydrogen) atoms.